The zero-order valence-corrected chi connectivity index (χ0v) is 16.4. The fraction of sp³-hybridized carbons (Fsp3) is 0.350. The number of likely N-dealkylation sites (N-methyl/N-ethyl adjacent to an activating group) is 1. The highest BCUT2D eigenvalue weighted by Gasteiger charge is 2.13. The maximum absolute atomic E-state index is 12.2. The molecule has 0 heterocycles. The van der Waals surface area contributed by atoms with E-state index < -0.39 is 0 Å². The van der Waals surface area contributed by atoms with Crippen LogP contribution in [0.3, 0.4) is 0 Å². The summed E-state index contributed by atoms with van der Waals surface area (Å²) in [5.41, 5.74) is 2.85. The molecule has 0 aliphatic heterocycles. The van der Waals surface area contributed by atoms with E-state index in [1.807, 2.05) is 50.4 Å². The van der Waals surface area contributed by atoms with Crippen LogP contribution in [0.15, 0.2) is 36.4 Å². The molecule has 2 rings (SSSR count). The highest BCUT2D eigenvalue weighted by atomic mass is 35.5. The van der Waals surface area contributed by atoms with Crippen molar-refractivity contribution in [1.29, 1.82) is 0 Å². The summed E-state index contributed by atoms with van der Waals surface area (Å²) in [6, 6.07) is 11.5. The summed E-state index contributed by atoms with van der Waals surface area (Å²) in [5, 5.41) is 3.43. The van der Waals surface area contributed by atoms with Gasteiger partial charge in [0.2, 0.25) is 0 Å². The second kappa shape index (κ2) is 9.46. The van der Waals surface area contributed by atoms with Gasteiger partial charge in [0.15, 0.2) is 18.0 Å². The maximum atomic E-state index is 12.2. The van der Waals surface area contributed by atoms with Crippen molar-refractivity contribution in [2.24, 2.45) is 0 Å². The first-order valence-corrected chi connectivity index (χ1v) is 8.89. The molecule has 0 fully saturated rings. The number of anilines is 1. The van der Waals surface area contributed by atoms with E-state index in [1.54, 1.807) is 14.2 Å². The lowest BCUT2D eigenvalue weighted by molar-refractivity contribution is -0.870. The Balaban J connectivity index is 1.86. The molecule has 26 heavy (non-hydrogen) atoms. The molecule has 0 aliphatic carbocycles. The third-order valence-electron chi connectivity index (χ3n) is 4.15. The summed E-state index contributed by atoms with van der Waals surface area (Å²) in [6.07, 6.45) is 0.838. The Hall–Kier alpha value is -2.24. The molecule has 0 spiro atoms. The van der Waals surface area contributed by atoms with Gasteiger partial charge in [-0.25, -0.2) is 0 Å². The molecule has 2 aromatic rings. The van der Waals surface area contributed by atoms with E-state index in [4.69, 9.17) is 21.1 Å². The number of carbonyl (C=O) groups is 1. The molecule has 5 nitrogen and oxygen atoms in total. The number of aryl methyl sites for hydroxylation is 1. The lowest BCUT2D eigenvalue weighted by atomic mass is 10.1. The molecule has 0 aliphatic rings. The van der Waals surface area contributed by atoms with Crippen molar-refractivity contribution in [1.82, 2.24) is 0 Å². The molecule has 0 aromatic heterocycles. The predicted molar refractivity (Wildman–Crippen MR) is 105 cm³/mol. The number of quaternary nitrogens is 1. The number of carbonyl (C=O) groups excluding carboxylic acids is 1. The second-order valence-corrected chi connectivity index (χ2v) is 6.76. The standard InChI is InChI=1S/C20H25ClN2O3/c1-14-5-7-17(16(21)11-14)22-20(24)13-23(2)10-9-15-6-8-18(25-3)19(12-15)26-4/h5-8,11-12H,9-10,13H2,1-4H3,(H,22,24)/p+1. The summed E-state index contributed by atoms with van der Waals surface area (Å²) in [7, 11) is 5.24. The first-order valence-electron chi connectivity index (χ1n) is 8.51. The van der Waals surface area contributed by atoms with Gasteiger partial charge in [-0.3, -0.25) is 4.79 Å². The highest BCUT2D eigenvalue weighted by molar-refractivity contribution is 6.33. The van der Waals surface area contributed by atoms with Gasteiger partial charge in [0.05, 0.1) is 38.5 Å². The first kappa shape index (κ1) is 20.1. The average molecular weight is 378 g/mol. The second-order valence-electron chi connectivity index (χ2n) is 6.35. The van der Waals surface area contributed by atoms with Gasteiger partial charge >= 0.3 is 0 Å². The Morgan fingerprint density at radius 3 is 2.50 bits per heavy atom. The lowest BCUT2D eigenvalue weighted by Gasteiger charge is -2.15. The number of methoxy groups -OCH3 is 2. The van der Waals surface area contributed by atoms with Crippen molar-refractivity contribution in [2.75, 3.05) is 39.7 Å². The van der Waals surface area contributed by atoms with Gasteiger partial charge in [-0.1, -0.05) is 23.7 Å². The van der Waals surface area contributed by atoms with E-state index in [0.29, 0.717) is 23.0 Å². The summed E-state index contributed by atoms with van der Waals surface area (Å²) >= 11 is 6.16. The van der Waals surface area contributed by atoms with Crippen LogP contribution in [0, 0.1) is 6.92 Å². The number of nitrogens with one attached hydrogen (secondary N) is 2. The van der Waals surface area contributed by atoms with Gasteiger partial charge in [-0.15, -0.1) is 0 Å². The molecule has 6 heteroatoms. The molecular weight excluding hydrogens is 352 g/mol. The van der Waals surface area contributed by atoms with Crippen molar-refractivity contribution in [3.05, 3.63) is 52.5 Å². The molecular formula is C20H26ClN2O3+. The molecule has 1 unspecified atom stereocenters. The topological polar surface area (TPSA) is 52.0 Å². The third-order valence-corrected chi connectivity index (χ3v) is 4.46. The number of amides is 1. The Morgan fingerprint density at radius 1 is 1.12 bits per heavy atom. The Kier molecular flexibility index (Phi) is 7.30. The van der Waals surface area contributed by atoms with Crippen LogP contribution in [0.1, 0.15) is 11.1 Å². The summed E-state index contributed by atoms with van der Waals surface area (Å²) in [4.78, 5) is 13.3. The number of hydrogen-bond acceptors (Lipinski definition) is 3. The molecule has 2 aromatic carbocycles. The lowest BCUT2D eigenvalue weighted by Crippen LogP contribution is -3.10. The van der Waals surface area contributed by atoms with Crippen LogP contribution >= 0.6 is 11.6 Å². The number of benzene rings is 2. The predicted octanol–water partition coefficient (Wildman–Crippen LogP) is 2.36. The molecule has 2 N–H and O–H groups in total. The van der Waals surface area contributed by atoms with E-state index in [-0.39, 0.29) is 5.91 Å². The summed E-state index contributed by atoms with van der Waals surface area (Å²) in [5.74, 6) is 1.38. The minimum Gasteiger partial charge on any atom is -0.493 e. The molecule has 0 saturated heterocycles. The molecule has 140 valence electrons. The van der Waals surface area contributed by atoms with Gasteiger partial charge in [0.1, 0.15) is 0 Å². The van der Waals surface area contributed by atoms with E-state index in [9.17, 15) is 4.79 Å². The summed E-state index contributed by atoms with van der Waals surface area (Å²) in [6.45, 7) is 3.16. The highest BCUT2D eigenvalue weighted by Crippen LogP contribution is 2.27. The van der Waals surface area contributed by atoms with Crippen LogP contribution in [0.5, 0.6) is 11.5 Å². The molecule has 0 radical (unpaired) electrons. The number of rotatable bonds is 8. The number of ether oxygens (including phenoxy) is 2. The molecule has 1 amide bonds. The van der Waals surface area contributed by atoms with E-state index in [0.717, 1.165) is 34.7 Å². The zero-order valence-electron chi connectivity index (χ0n) is 15.7. The van der Waals surface area contributed by atoms with Crippen LogP contribution in [-0.4, -0.2) is 40.3 Å². The van der Waals surface area contributed by atoms with Gasteiger partial charge < -0.3 is 19.7 Å². The normalized spacial score (nSPS) is 11.7. The van der Waals surface area contributed by atoms with Crippen LogP contribution < -0.4 is 19.7 Å². The zero-order chi connectivity index (χ0) is 19.1. The van der Waals surface area contributed by atoms with Crippen molar-refractivity contribution >= 4 is 23.2 Å². The van der Waals surface area contributed by atoms with E-state index in [1.165, 1.54) is 0 Å². The Morgan fingerprint density at radius 2 is 1.85 bits per heavy atom. The first-order chi connectivity index (χ1) is 12.4. The quantitative estimate of drug-likeness (QED) is 0.742. The molecule has 0 bridgehead atoms. The van der Waals surface area contributed by atoms with Crippen LogP contribution in [0.25, 0.3) is 0 Å². The monoisotopic (exact) mass is 377 g/mol. The van der Waals surface area contributed by atoms with Crippen LogP contribution in [0.4, 0.5) is 5.69 Å². The molecule has 0 saturated carbocycles. The van der Waals surface area contributed by atoms with E-state index in [2.05, 4.69) is 5.32 Å². The SMILES string of the molecule is COc1ccc(CC[NH+](C)CC(=O)Nc2ccc(C)cc2Cl)cc1OC. The van der Waals surface area contributed by atoms with Crippen molar-refractivity contribution < 1.29 is 19.2 Å². The summed E-state index contributed by atoms with van der Waals surface area (Å²) < 4.78 is 10.6. The fourth-order valence-corrected chi connectivity index (χ4v) is 2.95. The Labute approximate surface area is 159 Å². The minimum absolute atomic E-state index is 0.0550. The number of halogens is 1. The van der Waals surface area contributed by atoms with Crippen molar-refractivity contribution in [2.45, 2.75) is 13.3 Å². The van der Waals surface area contributed by atoms with Crippen molar-refractivity contribution in [3.63, 3.8) is 0 Å². The van der Waals surface area contributed by atoms with Gasteiger partial charge in [0.25, 0.3) is 5.91 Å². The Bertz CT molecular complexity index is 765. The molecule has 1 atom stereocenters. The third kappa shape index (κ3) is 5.64. The maximum Gasteiger partial charge on any atom is 0.279 e. The van der Waals surface area contributed by atoms with E-state index >= 15 is 0 Å². The van der Waals surface area contributed by atoms with Gasteiger partial charge in [0, 0.05) is 6.42 Å². The minimum atomic E-state index is -0.0550. The fourth-order valence-electron chi connectivity index (χ4n) is 2.67. The van der Waals surface area contributed by atoms with Gasteiger partial charge in [-0.2, -0.15) is 0 Å². The van der Waals surface area contributed by atoms with Crippen LogP contribution in [0.2, 0.25) is 5.02 Å². The van der Waals surface area contributed by atoms with Crippen LogP contribution in [-0.2, 0) is 11.2 Å². The number of hydrogen-bond donors (Lipinski definition) is 2. The smallest absolute Gasteiger partial charge is 0.279 e. The van der Waals surface area contributed by atoms with Gasteiger partial charge in [-0.05, 0) is 42.3 Å². The largest absolute Gasteiger partial charge is 0.493 e. The average Bonchev–Trinajstić information content (AvgIpc) is 2.62. The van der Waals surface area contributed by atoms with Crippen molar-refractivity contribution in [3.8, 4) is 11.5 Å².